The maximum Gasteiger partial charge on any atom is 0.134 e. The van der Waals surface area contributed by atoms with Crippen molar-refractivity contribution in [2.45, 2.75) is 26.7 Å². The van der Waals surface area contributed by atoms with Crippen LogP contribution in [-0.4, -0.2) is 56.3 Å². The van der Waals surface area contributed by atoms with E-state index >= 15 is 0 Å². The fourth-order valence-corrected chi connectivity index (χ4v) is 4.24. The van der Waals surface area contributed by atoms with E-state index in [1.54, 1.807) is 7.11 Å². The summed E-state index contributed by atoms with van der Waals surface area (Å²) in [5.74, 6) is 4.66. The lowest BCUT2D eigenvalue weighted by Crippen LogP contribution is -2.47. The highest BCUT2D eigenvalue weighted by molar-refractivity contribution is 5.54. The number of piperidine rings is 1. The molecule has 1 aromatic heterocycles. The van der Waals surface area contributed by atoms with E-state index in [-0.39, 0.29) is 0 Å². The third-order valence-corrected chi connectivity index (χ3v) is 5.83. The lowest BCUT2D eigenvalue weighted by molar-refractivity contribution is 0.415. The normalized spacial score (nSPS) is 20.4. The van der Waals surface area contributed by atoms with Gasteiger partial charge in [-0.05, 0) is 49.9 Å². The smallest absolute Gasteiger partial charge is 0.134 e. The molecule has 28 heavy (non-hydrogen) atoms. The van der Waals surface area contributed by atoms with Crippen molar-refractivity contribution < 1.29 is 4.74 Å². The summed E-state index contributed by atoms with van der Waals surface area (Å²) in [7, 11) is 1.70. The predicted octanol–water partition coefficient (Wildman–Crippen LogP) is 3.36. The Bertz CT molecular complexity index is 786. The summed E-state index contributed by atoms with van der Waals surface area (Å²) in [6.07, 6.45) is 2.57. The van der Waals surface area contributed by atoms with Gasteiger partial charge in [-0.25, -0.2) is 9.97 Å². The molecule has 0 bridgehead atoms. The number of hydrogen-bond donors (Lipinski definition) is 0. The monoisotopic (exact) mass is 381 g/mol. The first-order chi connectivity index (χ1) is 13.6. The van der Waals surface area contributed by atoms with E-state index in [0.717, 1.165) is 68.4 Å². The lowest BCUT2D eigenvalue weighted by atomic mass is 10.0. The van der Waals surface area contributed by atoms with Gasteiger partial charge in [0, 0.05) is 51.0 Å². The van der Waals surface area contributed by atoms with Crippen molar-refractivity contribution in [1.29, 1.82) is 0 Å². The lowest BCUT2D eigenvalue weighted by Gasteiger charge is -2.37. The number of anilines is 3. The minimum atomic E-state index is 0.737. The van der Waals surface area contributed by atoms with Crippen LogP contribution >= 0.6 is 0 Å². The average molecular weight is 382 g/mol. The molecular formula is C22H31N5O. The number of ether oxygens (including phenoxy) is 1. The molecule has 1 atom stereocenters. The number of nitrogens with zero attached hydrogens (tertiary/aromatic N) is 5. The Morgan fingerprint density at radius 3 is 2.18 bits per heavy atom. The summed E-state index contributed by atoms with van der Waals surface area (Å²) >= 11 is 0. The van der Waals surface area contributed by atoms with Gasteiger partial charge in [0.1, 0.15) is 23.2 Å². The van der Waals surface area contributed by atoms with Crippen molar-refractivity contribution in [3.63, 3.8) is 0 Å². The molecule has 0 aliphatic carbocycles. The van der Waals surface area contributed by atoms with Crippen molar-refractivity contribution in [3.8, 4) is 5.75 Å². The van der Waals surface area contributed by atoms with Gasteiger partial charge in [-0.15, -0.1) is 0 Å². The van der Waals surface area contributed by atoms with Crippen molar-refractivity contribution in [2.24, 2.45) is 5.92 Å². The van der Waals surface area contributed by atoms with E-state index in [1.807, 2.05) is 19.1 Å². The van der Waals surface area contributed by atoms with Crippen LogP contribution in [0.3, 0.4) is 0 Å². The Hall–Kier alpha value is -2.50. The molecule has 0 amide bonds. The first-order valence-corrected chi connectivity index (χ1v) is 10.4. The van der Waals surface area contributed by atoms with Crippen LogP contribution in [0.4, 0.5) is 17.3 Å². The van der Waals surface area contributed by atoms with Crippen LogP contribution in [0.2, 0.25) is 0 Å². The molecule has 0 saturated carbocycles. The summed E-state index contributed by atoms with van der Waals surface area (Å²) in [5, 5.41) is 0. The largest absolute Gasteiger partial charge is 0.497 e. The quantitative estimate of drug-likeness (QED) is 0.809. The minimum Gasteiger partial charge on any atom is -0.497 e. The number of rotatable bonds is 4. The first-order valence-electron chi connectivity index (χ1n) is 10.4. The minimum absolute atomic E-state index is 0.737. The topological polar surface area (TPSA) is 44.7 Å². The van der Waals surface area contributed by atoms with E-state index < -0.39 is 0 Å². The van der Waals surface area contributed by atoms with Crippen LogP contribution in [0.25, 0.3) is 0 Å². The van der Waals surface area contributed by atoms with Gasteiger partial charge in [-0.2, -0.15) is 0 Å². The molecule has 2 aliphatic rings. The molecule has 2 saturated heterocycles. The second-order valence-corrected chi connectivity index (χ2v) is 8.00. The van der Waals surface area contributed by atoms with Gasteiger partial charge < -0.3 is 19.4 Å². The van der Waals surface area contributed by atoms with Crippen LogP contribution in [0.1, 0.15) is 25.6 Å². The number of hydrogen-bond acceptors (Lipinski definition) is 6. The van der Waals surface area contributed by atoms with Gasteiger partial charge in [-0.1, -0.05) is 6.92 Å². The maximum absolute atomic E-state index is 5.27. The molecule has 4 rings (SSSR count). The second kappa shape index (κ2) is 8.25. The molecule has 1 aromatic carbocycles. The number of methoxy groups -OCH3 is 1. The molecule has 2 aromatic rings. The molecule has 150 valence electrons. The molecule has 6 nitrogen and oxygen atoms in total. The van der Waals surface area contributed by atoms with Gasteiger partial charge in [0.15, 0.2) is 0 Å². The summed E-state index contributed by atoms with van der Waals surface area (Å²) in [6, 6.07) is 10.5. The zero-order chi connectivity index (χ0) is 19.5. The summed E-state index contributed by atoms with van der Waals surface area (Å²) in [4.78, 5) is 16.7. The Morgan fingerprint density at radius 2 is 1.54 bits per heavy atom. The SMILES string of the molecule is COc1ccc(N2CCN(c3cc(N4CCCC(C)C4)nc(C)n3)CC2)cc1. The number of aromatic nitrogens is 2. The average Bonchev–Trinajstić information content (AvgIpc) is 2.73. The maximum atomic E-state index is 5.27. The Kier molecular flexibility index (Phi) is 5.55. The van der Waals surface area contributed by atoms with E-state index in [9.17, 15) is 0 Å². The van der Waals surface area contributed by atoms with E-state index in [2.05, 4.69) is 39.8 Å². The van der Waals surface area contributed by atoms with Crippen molar-refractivity contribution in [2.75, 3.05) is 61.1 Å². The number of aryl methyl sites for hydroxylation is 1. The van der Waals surface area contributed by atoms with Crippen LogP contribution in [0.5, 0.6) is 5.75 Å². The van der Waals surface area contributed by atoms with E-state index in [0.29, 0.717) is 0 Å². The van der Waals surface area contributed by atoms with Crippen LogP contribution in [0.15, 0.2) is 30.3 Å². The van der Waals surface area contributed by atoms with Gasteiger partial charge >= 0.3 is 0 Å². The number of piperazine rings is 1. The highest BCUT2D eigenvalue weighted by Gasteiger charge is 2.22. The third kappa shape index (κ3) is 4.16. The molecule has 0 radical (unpaired) electrons. The molecule has 3 heterocycles. The van der Waals surface area contributed by atoms with Crippen LogP contribution in [0, 0.1) is 12.8 Å². The highest BCUT2D eigenvalue weighted by Crippen LogP contribution is 2.26. The summed E-state index contributed by atoms with van der Waals surface area (Å²) < 4.78 is 5.27. The standard InChI is InChI=1S/C22H31N5O/c1-17-5-4-10-27(16-17)22-15-21(23-18(2)24-22)26-13-11-25(12-14-26)19-6-8-20(28-3)9-7-19/h6-9,15,17H,4-5,10-14,16H2,1-3H3. The first kappa shape index (κ1) is 18.8. The van der Waals surface area contributed by atoms with Crippen LogP contribution < -0.4 is 19.4 Å². The van der Waals surface area contributed by atoms with Crippen molar-refractivity contribution in [3.05, 3.63) is 36.2 Å². The number of benzene rings is 1. The fourth-order valence-electron chi connectivity index (χ4n) is 4.24. The Labute approximate surface area is 168 Å². The van der Waals surface area contributed by atoms with E-state index in [1.165, 1.54) is 18.5 Å². The second-order valence-electron chi connectivity index (χ2n) is 8.00. The molecule has 1 unspecified atom stereocenters. The summed E-state index contributed by atoms with van der Waals surface area (Å²) in [6.45, 7) is 10.5. The van der Waals surface area contributed by atoms with Gasteiger partial charge in [-0.3, -0.25) is 0 Å². The van der Waals surface area contributed by atoms with E-state index in [4.69, 9.17) is 14.7 Å². The van der Waals surface area contributed by atoms with Crippen LogP contribution in [-0.2, 0) is 0 Å². The fraction of sp³-hybridized carbons (Fsp3) is 0.545. The molecule has 2 fully saturated rings. The predicted molar refractivity (Wildman–Crippen MR) is 115 cm³/mol. The highest BCUT2D eigenvalue weighted by atomic mass is 16.5. The molecule has 0 spiro atoms. The van der Waals surface area contributed by atoms with Gasteiger partial charge in [0.2, 0.25) is 0 Å². The summed E-state index contributed by atoms with van der Waals surface area (Å²) in [5.41, 5.74) is 1.25. The Morgan fingerprint density at radius 1 is 0.893 bits per heavy atom. The molecule has 2 aliphatic heterocycles. The van der Waals surface area contributed by atoms with Crippen molar-refractivity contribution >= 4 is 17.3 Å². The van der Waals surface area contributed by atoms with Gasteiger partial charge in [0.05, 0.1) is 7.11 Å². The Balaban J connectivity index is 1.44. The zero-order valence-electron chi connectivity index (χ0n) is 17.3. The van der Waals surface area contributed by atoms with Crippen molar-refractivity contribution in [1.82, 2.24) is 9.97 Å². The molecule has 0 N–H and O–H groups in total. The molecular weight excluding hydrogens is 350 g/mol. The zero-order valence-corrected chi connectivity index (χ0v) is 17.3. The van der Waals surface area contributed by atoms with Gasteiger partial charge in [0.25, 0.3) is 0 Å². The third-order valence-electron chi connectivity index (χ3n) is 5.83. The molecule has 6 heteroatoms.